The van der Waals surface area contributed by atoms with Crippen LogP contribution in [0.4, 0.5) is 5.69 Å². The second-order valence-electron chi connectivity index (χ2n) is 6.77. The molecule has 11 heteroatoms. The number of hydrogen-bond acceptors (Lipinski definition) is 8. The highest BCUT2D eigenvalue weighted by molar-refractivity contribution is 7.85. The lowest BCUT2D eigenvalue weighted by Gasteiger charge is -2.38. The van der Waals surface area contributed by atoms with Gasteiger partial charge in [0, 0.05) is 19.8 Å². The third kappa shape index (κ3) is 6.82. The van der Waals surface area contributed by atoms with E-state index in [0.717, 1.165) is 11.3 Å². The zero-order valence-electron chi connectivity index (χ0n) is 16.7. The largest absolute Gasteiger partial charge is 0.369 e. The summed E-state index contributed by atoms with van der Waals surface area (Å²) in [5, 5.41) is 0. The summed E-state index contributed by atoms with van der Waals surface area (Å²) >= 11 is 0. The van der Waals surface area contributed by atoms with Gasteiger partial charge in [-0.2, -0.15) is 13.4 Å². The second-order valence-corrected chi connectivity index (χ2v) is 8.51. The summed E-state index contributed by atoms with van der Waals surface area (Å²) in [5.74, 6) is 0.332. The van der Waals surface area contributed by atoms with Gasteiger partial charge in [0.1, 0.15) is 5.66 Å². The number of nitrogens with zero attached hydrogens (tertiary/aromatic N) is 4. The van der Waals surface area contributed by atoms with Gasteiger partial charge in [-0.25, -0.2) is 4.99 Å². The second kappa shape index (κ2) is 9.02. The predicted octanol–water partition coefficient (Wildman–Crippen LogP) is 0.397. The van der Waals surface area contributed by atoms with Crippen LogP contribution < -0.4 is 16.4 Å². The van der Waals surface area contributed by atoms with Gasteiger partial charge in [0.05, 0.1) is 12.2 Å². The molecule has 0 saturated carbocycles. The number of amides is 1. The van der Waals surface area contributed by atoms with Crippen molar-refractivity contribution in [2.75, 3.05) is 24.7 Å². The Balaban J connectivity index is 0.000000568. The van der Waals surface area contributed by atoms with Crippen molar-refractivity contribution in [3.05, 3.63) is 29.8 Å². The molecule has 156 valence electrons. The van der Waals surface area contributed by atoms with Gasteiger partial charge in [-0.05, 0) is 38.5 Å². The minimum Gasteiger partial charge on any atom is -0.369 e. The Morgan fingerprint density at radius 2 is 1.71 bits per heavy atom. The monoisotopic (exact) mass is 412 g/mol. The van der Waals surface area contributed by atoms with E-state index in [4.69, 9.17) is 16.0 Å². The van der Waals surface area contributed by atoms with E-state index in [1.54, 1.807) is 23.9 Å². The predicted molar refractivity (Wildman–Crippen MR) is 111 cm³/mol. The first kappa shape index (κ1) is 23.4. The Kier molecular flexibility index (Phi) is 7.53. The third-order valence-corrected chi connectivity index (χ3v) is 4.54. The van der Waals surface area contributed by atoms with E-state index in [-0.39, 0.29) is 17.6 Å². The van der Waals surface area contributed by atoms with E-state index in [9.17, 15) is 13.2 Å². The molecule has 0 saturated heterocycles. The molecule has 0 atom stereocenters. The number of nitrogens with two attached hydrogens (primary N) is 2. The molecule has 1 aromatic rings. The van der Waals surface area contributed by atoms with Crippen LogP contribution >= 0.6 is 0 Å². The average Bonchev–Trinajstić information content (AvgIpc) is 2.54. The smallest absolute Gasteiger partial charge is 0.264 e. The molecule has 1 aliphatic rings. The molecule has 0 aliphatic carbocycles. The van der Waals surface area contributed by atoms with Crippen LogP contribution in [-0.4, -0.2) is 61.2 Å². The highest BCUT2D eigenvalue weighted by Gasteiger charge is 2.32. The molecule has 10 nitrogen and oxygen atoms in total. The normalized spacial score (nSPS) is 15.7. The van der Waals surface area contributed by atoms with Crippen LogP contribution in [0.1, 0.15) is 26.3 Å². The Morgan fingerprint density at radius 3 is 2.11 bits per heavy atom. The third-order valence-electron chi connectivity index (χ3n) is 3.81. The molecule has 2 rings (SSSR count). The van der Waals surface area contributed by atoms with E-state index < -0.39 is 15.8 Å². The molecule has 28 heavy (non-hydrogen) atoms. The van der Waals surface area contributed by atoms with Crippen LogP contribution in [-0.2, 0) is 21.3 Å². The zero-order valence-corrected chi connectivity index (χ0v) is 17.6. The van der Waals surface area contributed by atoms with Crippen LogP contribution in [0.2, 0.25) is 0 Å². The van der Waals surface area contributed by atoms with Crippen molar-refractivity contribution in [2.45, 2.75) is 32.9 Å². The number of benzene rings is 1. The summed E-state index contributed by atoms with van der Waals surface area (Å²) in [7, 11) is -0.177. The maximum Gasteiger partial charge on any atom is 0.264 e. The molecule has 0 spiro atoms. The molecule has 1 heterocycles. The molecule has 0 bridgehead atoms. The van der Waals surface area contributed by atoms with Crippen molar-refractivity contribution in [3.8, 4) is 0 Å². The first-order valence-electron chi connectivity index (χ1n) is 8.50. The first-order chi connectivity index (χ1) is 12.8. The molecule has 0 radical (unpaired) electrons. The number of hydrogen-bond donors (Lipinski definition) is 3. The Morgan fingerprint density at radius 1 is 1.21 bits per heavy atom. The number of guanidine groups is 2. The Bertz CT molecular complexity index is 860. The number of carbonyl (C=O) groups excluding carboxylic acids is 1. The standard InChI is InChI=1S/C15H22N6O.C2H6O3S/c1-15(2)19-13(16)18-14(17)21(15)11-7-5-10(6-8-11)9-12(22)20(3)4;1-2-6(3,4)5/h5-8H,9H2,1-4H3,(H4,16,17,18,19);2H2,1H3,(H,3,4,5). The summed E-state index contributed by atoms with van der Waals surface area (Å²) in [4.78, 5) is 23.4. The summed E-state index contributed by atoms with van der Waals surface area (Å²) in [5.41, 5.74) is 12.8. The van der Waals surface area contributed by atoms with Gasteiger partial charge in [0.2, 0.25) is 17.8 Å². The van der Waals surface area contributed by atoms with Gasteiger partial charge in [0.15, 0.2) is 0 Å². The highest BCUT2D eigenvalue weighted by Crippen LogP contribution is 2.27. The van der Waals surface area contributed by atoms with Crippen LogP contribution in [0.3, 0.4) is 0 Å². The first-order valence-corrected chi connectivity index (χ1v) is 10.1. The maximum atomic E-state index is 11.7. The van der Waals surface area contributed by atoms with E-state index in [0.29, 0.717) is 12.4 Å². The summed E-state index contributed by atoms with van der Waals surface area (Å²) < 4.78 is 26.9. The van der Waals surface area contributed by atoms with Crippen molar-refractivity contribution in [3.63, 3.8) is 0 Å². The van der Waals surface area contributed by atoms with Gasteiger partial charge in [-0.1, -0.05) is 12.1 Å². The quantitative estimate of drug-likeness (QED) is 0.604. The fraction of sp³-hybridized carbons (Fsp3) is 0.471. The highest BCUT2D eigenvalue weighted by atomic mass is 32.2. The number of rotatable bonds is 4. The average molecular weight is 413 g/mol. The zero-order chi connectivity index (χ0) is 21.7. The molecule has 5 N–H and O–H groups in total. The maximum absolute atomic E-state index is 11.7. The Hall–Kier alpha value is -2.66. The molecule has 0 unspecified atom stereocenters. The van der Waals surface area contributed by atoms with Gasteiger partial charge in [-0.15, -0.1) is 0 Å². The Labute approximate surface area is 165 Å². The fourth-order valence-electron chi connectivity index (χ4n) is 2.35. The van der Waals surface area contributed by atoms with E-state index in [2.05, 4.69) is 9.98 Å². The number of aliphatic imine (C=N–C) groups is 2. The van der Waals surface area contributed by atoms with Crippen molar-refractivity contribution >= 4 is 33.6 Å². The van der Waals surface area contributed by atoms with E-state index in [1.807, 2.05) is 38.1 Å². The van der Waals surface area contributed by atoms with E-state index in [1.165, 1.54) is 6.92 Å². The van der Waals surface area contributed by atoms with Crippen LogP contribution in [0.25, 0.3) is 0 Å². The minimum atomic E-state index is -3.66. The van der Waals surface area contributed by atoms with Gasteiger partial charge >= 0.3 is 0 Å². The molecule has 0 aromatic heterocycles. The SMILES string of the molecule is CCS(=O)(=O)O.CN(C)C(=O)Cc1ccc(N2C(N)=NC(N)=NC2(C)C)cc1. The summed E-state index contributed by atoms with van der Waals surface area (Å²) in [6, 6.07) is 7.61. The van der Waals surface area contributed by atoms with Crippen LogP contribution in [0.15, 0.2) is 34.3 Å². The van der Waals surface area contributed by atoms with Crippen molar-refractivity contribution in [1.82, 2.24) is 4.90 Å². The van der Waals surface area contributed by atoms with Crippen LogP contribution in [0, 0.1) is 0 Å². The number of anilines is 1. The van der Waals surface area contributed by atoms with Gasteiger partial charge in [-0.3, -0.25) is 14.2 Å². The lowest BCUT2D eigenvalue weighted by atomic mass is 10.1. The molecule has 1 aromatic carbocycles. The molecular formula is C17H28N6O4S. The summed E-state index contributed by atoms with van der Waals surface area (Å²) in [6.45, 7) is 5.19. The number of likely N-dealkylation sites (N-methyl/N-ethyl adjacent to an activating group) is 1. The van der Waals surface area contributed by atoms with Gasteiger partial charge in [0.25, 0.3) is 10.1 Å². The van der Waals surface area contributed by atoms with Crippen molar-refractivity contribution in [2.24, 2.45) is 21.5 Å². The lowest BCUT2D eigenvalue weighted by Crippen LogP contribution is -2.54. The topological polar surface area (TPSA) is 155 Å². The van der Waals surface area contributed by atoms with Gasteiger partial charge < -0.3 is 16.4 Å². The van der Waals surface area contributed by atoms with E-state index >= 15 is 0 Å². The molecule has 0 fully saturated rings. The molecular weight excluding hydrogens is 384 g/mol. The molecule has 1 aliphatic heterocycles. The lowest BCUT2D eigenvalue weighted by molar-refractivity contribution is -0.127. The molecule has 1 amide bonds. The minimum absolute atomic E-state index is 0.0597. The van der Waals surface area contributed by atoms with Crippen molar-refractivity contribution < 1.29 is 17.8 Å². The fourth-order valence-corrected chi connectivity index (χ4v) is 2.35. The van der Waals surface area contributed by atoms with Crippen molar-refractivity contribution in [1.29, 1.82) is 0 Å². The van der Waals surface area contributed by atoms with Crippen LogP contribution in [0.5, 0.6) is 0 Å². The summed E-state index contributed by atoms with van der Waals surface area (Å²) in [6.07, 6.45) is 0.366. The number of carbonyl (C=O) groups is 1.